The summed E-state index contributed by atoms with van der Waals surface area (Å²) in [5, 5.41) is 7.58. The highest BCUT2D eigenvalue weighted by Gasteiger charge is 2.65. The Kier molecular flexibility index (Phi) is 3.79. The highest BCUT2D eigenvalue weighted by Crippen LogP contribution is 2.56. The molecule has 4 heterocycles. The Labute approximate surface area is 159 Å². The fraction of sp³-hybridized carbons (Fsp3) is 0.524. The predicted molar refractivity (Wildman–Crippen MR) is 101 cm³/mol. The number of amides is 1. The van der Waals surface area contributed by atoms with E-state index in [1.54, 1.807) is 7.11 Å². The molecule has 1 N–H and O–H groups in total. The van der Waals surface area contributed by atoms with E-state index in [4.69, 9.17) is 4.74 Å². The molecule has 1 aromatic carbocycles. The molecule has 3 aliphatic rings. The number of aromatic amines is 1. The molecule has 6 heteroatoms. The molecule has 5 rings (SSSR count). The van der Waals surface area contributed by atoms with Crippen molar-refractivity contribution in [1.82, 2.24) is 20.0 Å². The van der Waals surface area contributed by atoms with Gasteiger partial charge >= 0.3 is 0 Å². The number of para-hydroxylation sites is 1. The number of benzene rings is 1. The Bertz CT molecular complexity index is 879. The molecule has 0 bridgehead atoms. The van der Waals surface area contributed by atoms with Crippen molar-refractivity contribution in [1.29, 1.82) is 0 Å². The summed E-state index contributed by atoms with van der Waals surface area (Å²) < 4.78 is 5.49. The highest BCUT2D eigenvalue weighted by molar-refractivity contribution is 5.90. The highest BCUT2D eigenvalue weighted by atomic mass is 16.5. The molecular weight excluding hydrogens is 340 g/mol. The minimum absolute atomic E-state index is 0.264. The van der Waals surface area contributed by atoms with Crippen molar-refractivity contribution in [2.45, 2.75) is 44.3 Å². The normalized spacial score (nSPS) is 30.0. The summed E-state index contributed by atoms with van der Waals surface area (Å²) in [7, 11) is 1.69. The number of hydrogen-bond acceptors (Lipinski definition) is 4. The van der Waals surface area contributed by atoms with Gasteiger partial charge in [-0.3, -0.25) is 14.8 Å². The van der Waals surface area contributed by atoms with Crippen molar-refractivity contribution in [2.75, 3.05) is 20.2 Å². The fourth-order valence-corrected chi connectivity index (χ4v) is 5.64. The first kappa shape index (κ1) is 16.8. The van der Waals surface area contributed by atoms with Crippen LogP contribution in [-0.4, -0.2) is 51.6 Å². The minimum Gasteiger partial charge on any atom is -0.496 e. The second kappa shape index (κ2) is 6.09. The fourth-order valence-electron chi connectivity index (χ4n) is 5.64. The topological polar surface area (TPSA) is 61.5 Å². The van der Waals surface area contributed by atoms with E-state index >= 15 is 0 Å². The first-order valence-electron chi connectivity index (χ1n) is 9.83. The Hall–Kier alpha value is -2.34. The summed E-state index contributed by atoms with van der Waals surface area (Å²) in [5.41, 5.74) is 2.93. The zero-order valence-corrected chi connectivity index (χ0v) is 15.9. The number of ether oxygens (including phenoxy) is 1. The van der Waals surface area contributed by atoms with E-state index in [2.05, 4.69) is 27.2 Å². The van der Waals surface area contributed by atoms with Crippen LogP contribution in [-0.2, 0) is 11.3 Å². The van der Waals surface area contributed by atoms with Gasteiger partial charge in [0.05, 0.1) is 18.8 Å². The van der Waals surface area contributed by atoms with Gasteiger partial charge in [0.15, 0.2) is 0 Å². The maximum atomic E-state index is 13.6. The Morgan fingerprint density at radius 3 is 3.00 bits per heavy atom. The molecule has 0 aliphatic carbocycles. The number of methoxy groups -OCH3 is 1. The van der Waals surface area contributed by atoms with Gasteiger partial charge in [-0.15, -0.1) is 0 Å². The molecule has 0 unspecified atom stereocenters. The lowest BCUT2D eigenvalue weighted by Crippen LogP contribution is -2.49. The van der Waals surface area contributed by atoms with Crippen LogP contribution in [0.2, 0.25) is 0 Å². The molecule has 27 heavy (non-hydrogen) atoms. The summed E-state index contributed by atoms with van der Waals surface area (Å²) in [6.07, 6.45) is 3.07. The molecule has 3 fully saturated rings. The van der Waals surface area contributed by atoms with E-state index in [0.717, 1.165) is 55.1 Å². The third-order valence-electron chi connectivity index (χ3n) is 6.75. The number of H-pyrrole nitrogens is 1. The van der Waals surface area contributed by atoms with E-state index in [9.17, 15) is 4.79 Å². The molecule has 0 saturated carbocycles. The molecule has 6 nitrogen and oxygen atoms in total. The van der Waals surface area contributed by atoms with Gasteiger partial charge in [-0.1, -0.05) is 18.2 Å². The average Bonchev–Trinajstić information content (AvgIpc) is 3.40. The van der Waals surface area contributed by atoms with Gasteiger partial charge in [0.1, 0.15) is 11.3 Å². The number of carbonyl (C=O) groups is 1. The molecule has 1 amide bonds. The average molecular weight is 366 g/mol. The number of hydrogen-bond donors (Lipinski definition) is 1. The Morgan fingerprint density at radius 1 is 1.37 bits per heavy atom. The number of rotatable bonds is 4. The lowest BCUT2D eigenvalue weighted by atomic mass is 9.85. The number of aryl methyl sites for hydroxylation is 1. The quantitative estimate of drug-likeness (QED) is 0.904. The van der Waals surface area contributed by atoms with Crippen molar-refractivity contribution in [2.24, 2.45) is 5.92 Å². The largest absolute Gasteiger partial charge is 0.496 e. The maximum absolute atomic E-state index is 13.6. The van der Waals surface area contributed by atoms with Gasteiger partial charge in [-0.25, -0.2) is 0 Å². The SMILES string of the molecule is COc1ccccc1CN1C[C@@H]2C[C@@H](c3cc(C)[nH]n3)N3CCC[C@@]23C1=O. The van der Waals surface area contributed by atoms with E-state index < -0.39 is 0 Å². The van der Waals surface area contributed by atoms with Crippen LogP contribution < -0.4 is 4.74 Å². The van der Waals surface area contributed by atoms with Crippen LogP contribution in [0.5, 0.6) is 5.75 Å². The smallest absolute Gasteiger partial charge is 0.243 e. The second-order valence-corrected chi connectivity index (χ2v) is 8.14. The predicted octanol–water partition coefficient (Wildman–Crippen LogP) is 2.66. The molecule has 2 aromatic rings. The van der Waals surface area contributed by atoms with E-state index in [1.807, 2.05) is 30.0 Å². The third-order valence-corrected chi connectivity index (χ3v) is 6.75. The number of nitrogens with zero attached hydrogens (tertiary/aromatic N) is 3. The van der Waals surface area contributed by atoms with Crippen LogP contribution in [0.25, 0.3) is 0 Å². The first-order chi connectivity index (χ1) is 13.1. The van der Waals surface area contributed by atoms with Crippen molar-refractivity contribution in [3.05, 3.63) is 47.3 Å². The molecule has 0 radical (unpaired) electrons. The number of nitrogens with one attached hydrogen (secondary N) is 1. The Balaban J connectivity index is 1.43. The number of likely N-dealkylation sites (tertiary alicyclic amines) is 1. The van der Waals surface area contributed by atoms with Crippen LogP contribution in [0.15, 0.2) is 30.3 Å². The standard InChI is InChI=1S/C21H26N4O2/c1-14-10-17(23-22-14)18-11-16-13-24(12-15-6-3-4-7-19(15)27-2)20(26)21(16)8-5-9-25(18)21/h3-4,6-7,10,16,18H,5,8-9,11-13H2,1-2H3,(H,22,23)/t16-,18-,21-/m0/s1. The molecular formula is C21H26N4O2. The van der Waals surface area contributed by atoms with Crippen LogP contribution >= 0.6 is 0 Å². The molecule has 3 aliphatic heterocycles. The van der Waals surface area contributed by atoms with Crippen molar-refractivity contribution in [3.63, 3.8) is 0 Å². The van der Waals surface area contributed by atoms with Crippen molar-refractivity contribution < 1.29 is 9.53 Å². The van der Waals surface area contributed by atoms with Crippen LogP contribution in [0.3, 0.4) is 0 Å². The van der Waals surface area contributed by atoms with Crippen molar-refractivity contribution >= 4 is 5.91 Å². The maximum Gasteiger partial charge on any atom is 0.243 e. The molecule has 1 spiro atoms. The second-order valence-electron chi connectivity index (χ2n) is 8.14. The number of aromatic nitrogens is 2. The van der Waals surface area contributed by atoms with Gasteiger partial charge in [0.25, 0.3) is 0 Å². The third kappa shape index (κ3) is 2.35. The summed E-state index contributed by atoms with van der Waals surface area (Å²) in [6.45, 7) is 4.47. The van der Waals surface area contributed by atoms with Gasteiger partial charge in [-0.2, -0.15) is 5.10 Å². The first-order valence-corrected chi connectivity index (χ1v) is 9.83. The summed E-state index contributed by atoms with van der Waals surface area (Å²) in [5.74, 6) is 1.53. The van der Waals surface area contributed by atoms with Crippen molar-refractivity contribution in [3.8, 4) is 5.75 Å². The molecule has 142 valence electrons. The summed E-state index contributed by atoms with van der Waals surface area (Å²) in [4.78, 5) is 18.1. The zero-order chi connectivity index (χ0) is 18.6. The van der Waals surface area contributed by atoms with Gasteiger partial charge in [0, 0.05) is 30.3 Å². The number of carbonyl (C=O) groups excluding carboxylic acids is 1. The van der Waals surface area contributed by atoms with Gasteiger partial charge in [-0.05, 0) is 44.9 Å². The van der Waals surface area contributed by atoms with Crippen LogP contribution in [0.1, 0.15) is 42.3 Å². The van der Waals surface area contributed by atoms with Gasteiger partial charge in [0.2, 0.25) is 5.91 Å². The zero-order valence-electron chi connectivity index (χ0n) is 15.9. The van der Waals surface area contributed by atoms with E-state index in [-0.39, 0.29) is 11.6 Å². The van der Waals surface area contributed by atoms with Crippen LogP contribution in [0.4, 0.5) is 0 Å². The molecule has 3 saturated heterocycles. The minimum atomic E-state index is -0.320. The summed E-state index contributed by atoms with van der Waals surface area (Å²) >= 11 is 0. The molecule has 1 aromatic heterocycles. The monoisotopic (exact) mass is 366 g/mol. The lowest BCUT2D eigenvalue weighted by molar-refractivity contribution is -0.137. The van der Waals surface area contributed by atoms with E-state index in [1.165, 1.54) is 0 Å². The van der Waals surface area contributed by atoms with Crippen LogP contribution in [0, 0.1) is 12.8 Å². The van der Waals surface area contributed by atoms with Gasteiger partial charge < -0.3 is 9.64 Å². The lowest BCUT2D eigenvalue weighted by Gasteiger charge is -2.33. The summed E-state index contributed by atoms with van der Waals surface area (Å²) in [6, 6.07) is 10.4. The molecule has 3 atom stereocenters. The van der Waals surface area contributed by atoms with E-state index in [0.29, 0.717) is 18.4 Å². The Morgan fingerprint density at radius 2 is 2.22 bits per heavy atom.